The van der Waals surface area contributed by atoms with Crippen molar-refractivity contribution in [2.24, 2.45) is 23.7 Å². The molecule has 0 saturated heterocycles. The summed E-state index contributed by atoms with van der Waals surface area (Å²) in [5, 5.41) is 12.4. The van der Waals surface area contributed by atoms with Crippen LogP contribution in [0.3, 0.4) is 0 Å². The van der Waals surface area contributed by atoms with E-state index in [9.17, 15) is 14.7 Å². The molecule has 0 spiro atoms. The molecule has 2 saturated carbocycles. The van der Waals surface area contributed by atoms with Crippen LogP contribution < -0.4 is 5.32 Å². The van der Waals surface area contributed by atoms with E-state index < -0.39 is 11.9 Å². The van der Waals surface area contributed by atoms with Crippen molar-refractivity contribution in [2.75, 3.05) is 6.54 Å². The van der Waals surface area contributed by atoms with E-state index >= 15 is 0 Å². The van der Waals surface area contributed by atoms with Gasteiger partial charge in [0.2, 0.25) is 5.91 Å². The Morgan fingerprint density at radius 1 is 1.09 bits per heavy atom. The van der Waals surface area contributed by atoms with Gasteiger partial charge in [-0.1, -0.05) is 30.3 Å². The van der Waals surface area contributed by atoms with Crippen LogP contribution in [0.25, 0.3) is 0 Å². The number of aryl methyl sites for hydroxylation is 1. The standard InChI is InChI=1S/C18H23NO3/c20-17(19-10-4-7-12-5-2-1-3-6-12)15-13-8-9-14(11-13)16(15)18(21)22/h1-3,5-6,13-16H,4,7-11H2,(H,19,20)(H,21,22). The summed E-state index contributed by atoms with van der Waals surface area (Å²) < 4.78 is 0. The number of fused-ring (bicyclic) bond motifs is 2. The number of benzene rings is 1. The lowest BCUT2D eigenvalue weighted by molar-refractivity contribution is -0.149. The molecule has 0 aliphatic heterocycles. The van der Waals surface area contributed by atoms with Gasteiger partial charge < -0.3 is 10.4 Å². The minimum absolute atomic E-state index is 0.0485. The van der Waals surface area contributed by atoms with Crippen molar-refractivity contribution in [2.45, 2.75) is 32.1 Å². The molecular weight excluding hydrogens is 278 g/mol. The maximum absolute atomic E-state index is 12.4. The van der Waals surface area contributed by atoms with Crippen LogP contribution in [0.1, 0.15) is 31.2 Å². The van der Waals surface area contributed by atoms with Crippen molar-refractivity contribution in [1.82, 2.24) is 5.32 Å². The minimum atomic E-state index is -0.795. The van der Waals surface area contributed by atoms with Crippen LogP contribution in [0.4, 0.5) is 0 Å². The van der Waals surface area contributed by atoms with Gasteiger partial charge in [-0.3, -0.25) is 9.59 Å². The molecule has 2 N–H and O–H groups in total. The monoisotopic (exact) mass is 301 g/mol. The summed E-state index contributed by atoms with van der Waals surface area (Å²) in [6, 6.07) is 10.2. The first kappa shape index (κ1) is 15.1. The zero-order chi connectivity index (χ0) is 15.5. The quantitative estimate of drug-likeness (QED) is 0.793. The van der Waals surface area contributed by atoms with Gasteiger partial charge in [-0.25, -0.2) is 0 Å². The molecule has 22 heavy (non-hydrogen) atoms. The van der Waals surface area contributed by atoms with Crippen LogP contribution in [0, 0.1) is 23.7 Å². The number of carboxylic acids is 1. The number of amides is 1. The summed E-state index contributed by atoms with van der Waals surface area (Å²) in [5.41, 5.74) is 1.26. The van der Waals surface area contributed by atoms with Crippen LogP contribution in [0.5, 0.6) is 0 Å². The van der Waals surface area contributed by atoms with Gasteiger partial charge in [-0.15, -0.1) is 0 Å². The molecule has 2 fully saturated rings. The number of carbonyl (C=O) groups excluding carboxylic acids is 1. The lowest BCUT2D eigenvalue weighted by Gasteiger charge is -2.27. The summed E-state index contributed by atoms with van der Waals surface area (Å²) in [6.45, 7) is 0.619. The molecule has 4 heteroatoms. The average molecular weight is 301 g/mol. The van der Waals surface area contributed by atoms with E-state index in [1.54, 1.807) is 0 Å². The summed E-state index contributed by atoms with van der Waals surface area (Å²) >= 11 is 0. The maximum atomic E-state index is 12.4. The lowest BCUT2D eigenvalue weighted by Crippen LogP contribution is -2.41. The molecule has 0 heterocycles. The Labute approximate surface area is 130 Å². The predicted molar refractivity (Wildman–Crippen MR) is 83.2 cm³/mol. The maximum Gasteiger partial charge on any atom is 0.307 e. The van der Waals surface area contributed by atoms with E-state index in [2.05, 4.69) is 17.4 Å². The van der Waals surface area contributed by atoms with Gasteiger partial charge in [0.1, 0.15) is 0 Å². The van der Waals surface area contributed by atoms with Gasteiger partial charge in [0, 0.05) is 6.54 Å². The highest BCUT2D eigenvalue weighted by atomic mass is 16.4. The second-order valence-corrected chi connectivity index (χ2v) is 6.60. The predicted octanol–water partition coefficient (Wildman–Crippen LogP) is 2.48. The lowest BCUT2D eigenvalue weighted by atomic mass is 9.78. The number of hydrogen-bond donors (Lipinski definition) is 2. The van der Waals surface area contributed by atoms with Gasteiger partial charge in [0.25, 0.3) is 0 Å². The van der Waals surface area contributed by atoms with Crippen molar-refractivity contribution < 1.29 is 14.7 Å². The van der Waals surface area contributed by atoms with E-state index in [1.807, 2.05) is 18.2 Å². The molecule has 2 bridgehead atoms. The van der Waals surface area contributed by atoms with Gasteiger partial charge in [-0.05, 0) is 49.5 Å². The van der Waals surface area contributed by atoms with Crippen molar-refractivity contribution in [3.63, 3.8) is 0 Å². The third kappa shape index (κ3) is 3.01. The van der Waals surface area contributed by atoms with E-state index in [1.165, 1.54) is 5.56 Å². The normalized spacial score (nSPS) is 29.5. The average Bonchev–Trinajstić information content (AvgIpc) is 3.13. The topological polar surface area (TPSA) is 66.4 Å². The Bertz CT molecular complexity index is 543. The molecular formula is C18H23NO3. The molecule has 4 nitrogen and oxygen atoms in total. The molecule has 0 radical (unpaired) electrons. The van der Waals surface area contributed by atoms with Crippen LogP contribution >= 0.6 is 0 Å². The van der Waals surface area contributed by atoms with Crippen LogP contribution in [0.15, 0.2) is 30.3 Å². The summed E-state index contributed by atoms with van der Waals surface area (Å²) in [5.74, 6) is -1.13. The fraction of sp³-hybridized carbons (Fsp3) is 0.556. The first-order valence-electron chi connectivity index (χ1n) is 8.21. The first-order chi connectivity index (χ1) is 10.7. The van der Waals surface area contributed by atoms with E-state index in [-0.39, 0.29) is 23.7 Å². The number of carbonyl (C=O) groups is 2. The SMILES string of the molecule is O=C(O)C1C2CCC(C2)C1C(=O)NCCCc1ccccc1. The zero-order valence-electron chi connectivity index (χ0n) is 12.7. The number of carboxylic acid groups (broad SMARTS) is 1. The van der Waals surface area contributed by atoms with Crippen LogP contribution in [0.2, 0.25) is 0 Å². The molecule has 1 aromatic rings. The van der Waals surface area contributed by atoms with Gasteiger partial charge in [-0.2, -0.15) is 0 Å². The highest BCUT2D eigenvalue weighted by Crippen LogP contribution is 2.52. The Hall–Kier alpha value is -1.84. The van der Waals surface area contributed by atoms with Crippen molar-refractivity contribution in [3.05, 3.63) is 35.9 Å². The fourth-order valence-corrected chi connectivity index (χ4v) is 4.29. The highest BCUT2D eigenvalue weighted by molar-refractivity contribution is 5.86. The Kier molecular flexibility index (Phi) is 4.46. The van der Waals surface area contributed by atoms with Crippen LogP contribution in [-0.2, 0) is 16.0 Å². The Balaban J connectivity index is 1.48. The van der Waals surface area contributed by atoms with Crippen molar-refractivity contribution in [1.29, 1.82) is 0 Å². The van der Waals surface area contributed by atoms with Crippen molar-refractivity contribution in [3.8, 4) is 0 Å². The Morgan fingerprint density at radius 3 is 2.45 bits per heavy atom. The molecule has 2 aliphatic rings. The molecule has 1 amide bonds. The largest absolute Gasteiger partial charge is 0.481 e. The fourth-order valence-electron chi connectivity index (χ4n) is 4.29. The number of aliphatic carboxylic acids is 1. The molecule has 118 valence electrons. The first-order valence-corrected chi connectivity index (χ1v) is 8.21. The van der Waals surface area contributed by atoms with E-state index in [0.29, 0.717) is 6.54 Å². The third-order valence-corrected chi connectivity index (χ3v) is 5.29. The number of hydrogen-bond acceptors (Lipinski definition) is 2. The van der Waals surface area contributed by atoms with Gasteiger partial charge in [0.05, 0.1) is 11.8 Å². The Morgan fingerprint density at radius 2 is 1.77 bits per heavy atom. The molecule has 3 rings (SSSR count). The molecule has 1 aromatic carbocycles. The minimum Gasteiger partial charge on any atom is -0.481 e. The second-order valence-electron chi connectivity index (χ2n) is 6.60. The highest BCUT2D eigenvalue weighted by Gasteiger charge is 2.53. The van der Waals surface area contributed by atoms with E-state index in [4.69, 9.17) is 0 Å². The zero-order valence-corrected chi connectivity index (χ0v) is 12.7. The van der Waals surface area contributed by atoms with Gasteiger partial charge in [0.15, 0.2) is 0 Å². The summed E-state index contributed by atoms with van der Waals surface area (Å²) in [4.78, 5) is 23.8. The third-order valence-electron chi connectivity index (χ3n) is 5.29. The van der Waals surface area contributed by atoms with Crippen molar-refractivity contribution >= 4 is 11.9 Å². The molecule has 4 atom stereocenters. The smallest absolute Gasteiger partial charge is 0.307 e. The number of rotatable bonds is 6. The molecule has 0 aromatic heterocycles. The summed E-state index contributed by atoms with van der Waals surface area (Å²) in [6.07, 6.45) is 4.71. The summed E-state index contributed by atoms with van der Waals surface area (Å²) in [7, 11) is 0. The van der Waals surface area contributed by atoms with Gasteiger partial charge >= 0.3 is 5.97 Å². The molecule has 4 unspecified atom stereocenters. The van der Waals surface area contributed by atoms with E-state index in [0.717, 1.165) is 32.1 Å². The number of nitrogens with one attached hydrogen (secondary N) is 1. The molecule has 2 aliphatic carbocycles. The second kappa shape index (κ2) is 6.51. The van der Waals surface area contributed by atoms with Crippen LogP contribution in [-0.4, -0.2) is 23.5 Å².